The molecule has 0 fully saturated rings. The SMILES string of the molecule is COc1ccc(CN(C)c2cc(F)cc(F)c2N)cc1. The van der Waals surface area contributed by atoms with Crippen molar-refractivity contribution in [1.29, 1.82) is 0 Å². The summed E-state index contributed by atoms with van der Waals surface area (Å²) < 4.78 is 31.8. The summed E-state index contributed by atoms with van der Waals surface area (Å²) >= 11 is 0. The highest BCUT2D eigenvalue weighted by atomic mass is 19.1. The summed E-state index contributed by atoms with van der Waals surface area (Å²) in [7, 11) is 3.33. The molecule has 0 aliphatic rings. The summed E-state index contributed by atoms with van der Waals surface area (Å²) in [5, 5.41) is 0. The van der Waals surface area contributed by atoms with E-state index in [1.165, 1.54) is 6.07 Å². The van der Waals surface area contributed by atoms with Crippen LogP contribution in [0.15, 0.2) is 36.4 Å². The van der Waals surface area contributed by atoms with E-state index in [-0.39, 0.29) is 5.69 Å². The molecule has 0 bridgehead atoms. The Morgan fingerprint density at radius 1 is 1.15 bits per heavy atom. The van der Waals surface area contributed by atoms with Crippen LogP contribution in [0.4, 0.5) is 20.2 Å². The van der Waals surface area contributed by atoms with Crippen molar-refractivity contribution in [2.75, 3.05) is 24.8 Å². The van der Waals surface area contributed by atoms with E-state index >= 15 is 0 Å². The molecule has 0 atom stereocenters. The molecule has 106 valence electrons. The van der Waals surface area contributed by atoms with Crippen LogP contribution in [0.1, 0.15) is 5.56 Å². The van der Waals surface area contributed by atoms with Crippen LogP contribution in [0.25, 0.3) is 0 Å². The Balaban J connectivity index is 2.21. The van der Waals surface area contributed by atoms with Crippen LogP contribution in [0.2, 0.25) is 0 Å². The molecule has 2 aromatic carbocycles. The van der Waals surface area contributed by atoms with Gasteiger partial charge in [0.15, 0.2) is 5.82 Å². The minimum atomic E-state index is -0.749. The zero-order valence-electron chi connectivity index (χ0n) is 11.4. The van der Waals surface area contributed by atoms with Gasteiger partial charge in [-0.3, -0.25) is 0 Å². The fourth-order valence-corrected chi connectivity index (χ4v) is 1.98. The smallest absolute Gasteiger partial charge is 0.151 e. The number of nitrogens with zero attached hydrogens (tertiary/aromatic N) is 1. The molecular weight excluding hydrogens is 262 g/mol. The number of nitrogens with two attached hydrogens (primary N) is 1. The van der Waals surface area contributed by atoms with E-state index in [9.17, 15) is 8.78 Å². The Hall–Kier alpha value is -2.30. The summed E-state index contributed by atoms with van der Waals surface area (Å²) in [6, 6.07) is 9.45. The second-order valence-corrected chi connectivity index (χ2v) is 4.52. The molecule has 0 saturated carbocycles. The van der Waals surface area contributed by atoms with E-state index in [1.807, 2.05) is 24.3 Å². The molecule has 0 saturated heterocycles. The zero-order chi connectivity index (χ0) is 14.7. The molecule has 0 aromatic heterocycles. The number of nitrogen functional groups attached to an aromatic ring is 1. The summed E-state index contributed by atoms with van der Waals surface area (Å²) in [5.74, 6) is -0.637. The number of anilines is 2. The van der Waals surface area contributed by atoms with Crippen molar-refractivity contribution < 1.29 is 13.5 Å². The lowest BCUT2D eigenvalue weighted by atomic mass is 10.2. The minimum Gasteiger partial charge on any atom is -0.497 e. The largest absolute Gasteiger partial charge is 0.497 e. The topological polar surface area (TPSA) is 38.5 Å². The Bertz CT molecular complexity index is 600. The first kappa shape index (κ1) is 14.1. The Labute approximate surface area is 116 Å². The number of hydrogen-bond acceptors (Lipinski definition) is 3. The van der Waals surface area contributed by atoms with Crippen LogP contribution in [0.5, 0.6) is 5.75 Å². The quantitative estimate of drug-likeness (QED) is 0.873. The van der Waals surface area contributed by atoms with Crippen molar-refractivity contribution in [1.82, 2.24) is 0 Å². The third-order valence-electron chi connectivity index (χ3n) is 3.06. The standard InChI is InChI=1S/C15H16F2N2O/c1-19(9-10-3-5-12(20-2)6-4-10)14-8-11(16)7-13(17)15(14)18/h3-8H,9,18H2,1-2H3. The lowest BCUT2D eigenvalue weighted by Crippen LogP contribution is -2.18. The van der Waals surface area contributed by atoms with Crippen LogP contribution < -0.4 is 15.4 Å². The van der Waals surface area contributed by atoms with Gasteiger partial charge in [0.05, 0.1) is 18.5 Å². The molecule has 0 aliphatic heterocycles. The maximum atomic E-state index is 13.4. The number of benzene rings is 2. The van der Waals surface area contributed by atoms with Crippen molar-refractivity contribution in [3.8, 4) is 5.75 Å². The summed E-state index contributed by atoms with van der Waals surface area (Å²) in [4.78, 5) is 1.70. The van der Waals surface area contributed by atoms with E-state index < -0.39 is 11.6 Å². The van der Waals surface area contributed by atoms with Crippen molar-refractivity contribution in [3.05, 3.63) is 53.6 Å². The molecule has 2 N–H and O–H groups in total. The number of hydrogen-bond donors (Lipinski definition) is 1. The second-order valence-electron chi connectivity index (χ2n) is 4.52. The summed E-state index contributed by atoms with van der Waals surface area (Å²) in [5.41, 5.74) is 6.91. The van der Waals surface area contributed by atoms with Crippen molar-refractivity contribution in [2.24, 2.45) is 0 Å². The maximum Gasteiger partial charge on any atom is 0.151 e. The number of ether oxygens (including phenoxy) is 1. The van der Waals surface area contributed by atoms with Crippen LogP contribution in [-0.2, 0) is 6.54 Å². The molecule has 0 aliphatic carbocycles. The third-order valence-corrected chi connectivity index (χ3v) is 3.06. The van der Waals surface area contributed by atoms with Gasteiger partial charge in [0.25, 0.3) is 0 Å². The second kappa shape index (κ2) is 5.77. The van der Waals surface area contributed by atoms with Gasteiger partial charge in [-0.15, -0.1) is 0 Å². The lowest BCUT2D eigenvalue weighted by Gasteiger charge is -2.21. The average molecular weight is 278 g/mol. The molecule has 0 spiro atoms. The number of methoxy groups -OCH3 is 1. The molecule has 0 heterocycles. The Morgan fingerprint density at radius 2 is 1.80 bits per heavy atom. The molecule has 20 heavy (non-hydrogen) atoms. The van der Waals surface area contributed by atoms with Crippen molar-refractivity contribution >= 4 is 11.4 Å². The van der Waals surface area contributed by atoms with Crippen molar-refractivity contribution in [2.45, 2.75) is 6.54 Å². The predicted molar refractivity (Wildman–Crippen MR) is 75.9 cm³/mol. The Kier molecular flexibility index (Phi) is 4.08. The molecule has 5 heteroatoms. The summed E-state index contributed by atoms with van der Waals surface area (Å²) in [6.07, 6.45) is 0. The first-order valence-electron chi connectivity index (χ1n) is 6.10. The van der Waals surface area contributed by atoms with Gasteiger partial charge in [-0.1, -0.05) is 12.1 Å². The van der Waals surface area contributed by atoms with Crippen LogP contribution in [0.3, 0.4) is 0 Å². The Morgan fingerprint density at radius 3 is 2.40 bits per heavy atom. The molecule has 2 aromatic rings. The van der Waals surface area contributed by atoms with Crippen LogP contribution >= 0.6 is 0 Å². The molecule has 0 unspecified atom stereocenters. The predicted octanol–water partition coefficient (Wildman–Crippen LogP) is 3.19. The lowest BCUT2D eigenvalue weighted by molar-refractivity contribution is 0.414. The van der Waals surface area contributed by atoms with Gasteiger partial charge >= 0.3 is 0 Å². The molecular formula is C15H16F2N2O. The molecule has 3 nitrogen and oxygen atoms in total. The number of halogens is 2. The number of rotatable bonds is 4. The highest BCUT2D eigenvalue weighted by molar-refractivity contribution is 5.68. The van der Waals surface area contributed by atoms with Gasteiger partial charge in [-0.05, 0) is 23.8 Å². The van der Waals surface area contributed by atoms with Gasteiger partial charge in [0, 0.05) is 19.7 Å². The molecule has 2 rings (SSSR count). The summed E-state index contributed by atoms with van der Waals surface area (Å²) in [6.45, 7) is 0.483. The van der Waals surface area contributed by atoms with Crippen molar-refractivity contribution in [3.63, 3.8) is 0 Å². The van der Waals surface area contributed by atoms with E-state index in [2.05, 4.69) is 0 Å². The highest BCUT2D eigenvalue weighted by Gasteiger charge is 2.12. The minimum absolute atomic E-state index is 0.0533. The average Bonchev–Trinajstić information content (AvgIpc) is 2.43. The van der Waals surface area contributed by atoms with Crippen LogP contribution in [-0.4, -0.2) is 14.2 Å². The molecule has 0 radical (unpaired) electrons. The van der Waals surface area contributed by atoms with Gasteiger partial charge in [0.2, 0.25) is 0 Å². The molecule has 0 amide bonds. The van der Waals surface area contributed by atoms with Crippen LogP contribution in [0, 0.1) is 11.6 Å². The van der Waals surface area contributed by atoms with E-state index in [4.69, 9.17) is 10.5 Å². The van der Waals surface area contributed by atoms with Gasteiger partial charge < -0.3 is 15.4 Å². The third kappa shape index (κ3) is 2.99. The van der Waals surface area contributed by atoms with E-state index in [0.717, 1.165) is 17.4 Å². The highest BCUT2D eigenvalue weighted by Crippen LogP contribution is 2.27. The van der Waals surface area contributed by atoms with E-state index in [0.29, 0.717) is 12.2 Å². The zero-order valence-corrected chi connectivity index (χ0v) is 11.4. The fourth-order valence-electron chi connectivity index (χ4n) is 1.98. The monoisotopic (exact) mass is 278 g/mol. The van der Waals surface area contributed by atoms with Gasteiger partial charge in [-0.25, -0.2) is 8.78 Å². The normalized spacial score (nSPS) is 10.4. The first-order chi connectivity index (χ1) is 9.51. The fraction of sp³-hybridized carbons (Fsp3) is 0.200. The van der Waals surface area contributed by atoms with E-state index in [1.54, 1.807) is 19.1 Å². The maximum absolute atomic E-state index is 13.4. The van der Waals surface area contributed by atoms with Gasteiger partial charge in [0.1, 0.15) is 11.6 Å². The van der Waals surface area contributed by atoms with Gasteiger partial charge in [-0.2, -0.15) is 0 Å². The first-order valence-corrected chi connectivity index (χ1v) is 6.10.